The predicted octanol–water partition coefficient (Wildman–Crippen LogP) is 3.30. The fraction of sp³-hybridized carbons (Fsp3) is 0.176. The lowest BCUT2D eigenvalue weighted by Gasteiger charge is -2.11. The molecule has 22 heavy (non-hydrogen) atoms. The number of hydrogen-bond acceptors (Lipinski definition) is 3. The van der Waals surface area contributed by atoms with E-state index in [1.165, 1.54) is 6.92 Å². The normalized spacial score (nSPS) is 9.91. The number of nitrogens with one attached hydrogen (secondary N) is 2. The Labute approximate surface area is 129 Å². The Kier molecular flexibility index (Phi) is 5.14. The molecule has 5 nitrogen and oxygen atoms in total. The molecule has 0 unspecified atom stereocenters. The van der Waals surface area contributed by atoms with Gasteiger partial charge in [0.05, 0.1) is 17.9 Å². The molecule has 5 heteroatoms. The lowest BCUT2D eigenvalue weighted by atomic mass is 10.1. The van der Waals surface area contributed by atoms with Crippen molar-refractivity contribution in [1.82, 2.24) is 0 Å². The lowest BCUT2D eigenvalue weighted by Crippen LogP contribution is -2.16. The highest BCUT2D eigenvalue weighted by Crippen LogP contribution is 2.19. The fourth-order valence-electron chi connectivity index (χ4n) is 1.98. The summed E-state index contributed by atoms with van der Waals surface area (Å²) in [5.41, 5.74) is 1.55. The van der Waals surface area contributed by atoms with Crippen molar-refractivity contribution in [2.45, 2.75) is 13.8 Å². The van der Waals surface area contributed by atoms with Crippen LogP contribution in [0.25, 0.3) is 0 Å². The van der Waals surface area contributed by atoms with Crippen molar-refractivity contribution in [2.24, 2.45) is 0 Å². The minimum absolute atomic E-state index is 0.221. The van der Waals surface area contributed by atoms with Crippen molar-refractivity contribution in [1.29, 1.82) is 0 Å². The molecule has 0 fully saturated rings. The Morgan fingerprint density at radius 1 is 1.00 bits per heavy atom. The van der Waals surface area contributed by atoms with Gasteiger partial charge >= 0.3 is 0 Å². The molecule has 2 N–H and O–H groups in total. The maximum Gasteiger partial charge on any atom is 0.257 e. The van der Waals surface area contributed by atoms with Crippen molar-refractivity contribution in [3.63, 3.8) is 0 Å². The number of carbonyl (C=O) groups excluding carboxylic acids is 2. The monoisotopic (exact) mass is 298 g/mol. The van der Waals surface area contributed by atoms with Gasteiger partial charge in [0.15, 0.2) is 0 Å². The number of anilines is 2. The zero-order chi connectivity index (χ0) is 15.9. The highest BCUT2D eigenvalue weighted by atomic mass is 16.5. The molecule has 0 heterocycles. The molecule has 0 radical (unpaired) electrons. The van der Waals surface area contributed by atoms with Crippen LogP contribution < -0.4 is 15.4 Å². The number of carbonyl (C=O) groups is 2. The van der Waals surface area contributed by atoms with E-state index in [-0.39, 0.29) is 11.8 Å². The van der Waals surface area contributed by atoms with Gasteiger partial charge in [-0.3, -0.25) is 9.59 Å². The number of hydrogen-bond donors (Lipinski definition) is 2. The molecule has 114 valence electrons. The van der Waals surface area contributed by atoms with Crippen molar-refractivity contribution in [2.75, 3.05) is 17.2 Å². The van der Waals surface area contributed by atoms with Crippen LogP contribution in [-0.2, 0) is 4.79 Å². The van der Waals surface area contributed by atoms with Crippen LogP contribution in [0.1, 0.15) is 24.2 Å². The Balaban J connectivity index is 2.13. The van der Waals surface area contributed by atoms with E-state index in [1.807, 2.05) is 6.92 Å². The SMILES string of the molecule is CCOc1ccc(NC(=O)c2ccccc2NC(C)=O)cc1. The number of rotatable bonds is 5. The zero-order valence-electron chi connectivity index (χ0n) is 12.6. The average Bonchev–Trinajstić information content (AvgIpc) is 2.49. The number of benzene rings is 2. The molecular formula is C17H18N2O3. The molecule has 0 bridgehead atoms. The molecular weight excluding hydrogens is 280 g/mol. The number of ether oxygens (including phenoxy) is 1. The largest absolute Gasteiger partial charge is 0.494 e. The molecule has 0 aromatic heterocycles. The summed E-state index contributed by atoms with van der Waals surface area (Å²) in [6.07, 6.45) is 0. The minimum atomic E-state index is -0.284. The molecule has 0 aliphatic rings. The van der Waals surface area contributed by atoms with Crippen LogP contribution in [0.5, 0.6) is 5.75 Å². The summed E-state index contributed by atoms with van der Waals surface area (Å²) >= 11 is 0. The van der Waals surface area contributed by atoms with Gasteiger partial charge in [-0.2, -0.15) is 0 Å². The van der Waals surface area contributed by atoms with Crippen LogP contribution in [0.4, 0.5) is 11.4 Å². The van der Waals surface area contributed by atoms with Crippen LogP contribution >= 0.6 is 0 Å². The van der Waals surface area contributed by atoms with Gasteiger partial charge in [-0.15, -0.1) is 0 Å². The third-order valence-corrected chi connectivity index (χ3v) is 2.91. The lowest BCUT2D eigenvalue weighted by molar-refractivity contribution is -0.114. The maximum atomic E-state index is 12.3. The predicted molar refractivity (Wildman–Crippen MR) is 86.3 cm³/mol. The Morgan fingerprint density at radius 2 is 1.68 bits per heavy atom. The summed E-state index contributed by atoms with van der Waals surface area (Å²) in [5, 5.41) is 5.44. The molecule has 0 spiro atoms. The first kappa shape index (κ1) is 15.6. The van der Waals surface area contributed by atoms with E-state index in [9.17, 15) is 9.59 Å². The minimum Gasteiger partial charge on any atom is -0.494 e. The van der Waals surface area contributed by atoms with Gasteiger partial charge in [-0.25, -0.2) is 0 Å². The van der Waals surface area contributed by atoms with Crippen molar-refractivity contribution in [3.05, 3.63) is 54.1 Å². The van der Waals surface area contributed by atoms with Gasteiger partial charge in [-0.1, -0.05) is 12.1 Å². The van der Waals surface area contributed by atoms with Gasteiger partial charge in [0.2, 0.25) is 5.91 Å². The first-order chi connectivity index (χ1) is 10.6. The Hall–Kier alpha value is -2.82. The highest BCUT2D eigenvalue weighted by Gasteiger charge is 2.12. The van der Waals surface area contributed by atoms with Gasteiger partial charge < -0.3 is 15.4 Å². The van der Waals surface area contributed by atoms with Crippen molar-refractivity contribution >= 4 is 23.2 Å². The van der Waals surface area contributed by atoms with Gasteiger partial charge in [-0.05, 0) is 43.3 Å². The molecule has 2 amide bonds. The summed E-state index contributed by atoms with van der Waals surface area (Å²) in [6.45, 7) is 3.91. The molecule has 2 aromatic rings. The van der Waals surface area contributed by atoms with E-state index in [0.717, 1.165) is 5.75 Å². The quantitative estimate of drug-likeness (QED) is 0.890. The zero-order valence-corrected chi connectivity index (χ0v) is 12.6. The van der Waals surface area contributed by atoms with E-state index in [1.54, 1.807) is 48.5 Å². The standard InChI is InChI=1S/C17H18N2O3/c1-3-22-14-10-8-13(9-11-14)19-17(21)15-6-4-5-7-16(15)18-12(2)20/h4-11H,3H2,1-2H3,(H,18,20)(H,19,21). The van der Waals surface area contributed by atoms with Crippen LogP contribution in [0.15, 0.2) is 48.5 Å². The Morgan fingerprint density at radius 3 is 2.32 bits per heavy atom. The molecule has 0 aliphatic carbocycles. The van der Waals surface area contributed by atoms with E-state index in [0.29, 0.717) is 23.5 Å². The van der Waals surface area contributed by atoms with Crippen molar-refractivity contribution in [3.8, 4) is 5.75 Å². The second-order valence-corrected chi connectivity index (χ2v) is 4.64. The van der Waals surface area contributed by atoms with E-state index in [2.05, 4.69) is 10.6 Å². The van der Waals surface area contributed by atoms with Crippen LogP contribution in [0, 0.1) is 0 Å². The third kappa shape index (κ3) is 4.09. The Bertz CT molecular complexity index is 666. The van der Waals surface area contributed by atoms with E-state index >= 15 is 0 Å². The number of para-hydroxylation sites is 1. The average molecular weight is 298 g/mol. The van der Waals surface area contributed by atoms with E-state index in [4.69, 9.17) is 4.74 Å². The second kappa shape index (κ2) is 7.26. The molecule has 0 saturated carbocycles. The third-order valence-electron chi connectivity index (χ3n) is 2.91. The van der Waals surface area contributed by atoms with Crippen LogP contribution in [-0.4, -0.2) is 18.4 Å². The van der Waals surface area contributed by atoms with Gasteiger partial charge in [0.1, 0.15) is 5.75 Å². The van der Waals surface area contributed by atoms with Gasteiger partial charge in [0, 0.05) is 12.6 Å². The smallest absolute Gasteiger partial charge is 0.257 e. The summed E-state index contributed by atoms with van der Waals surface area (Å²) in [6, 6.07) is 14.0. The first-order valence-corrected chi connectivity index (χ1v) is 7.01. The topological polar surface area (TPSA) is 67.4 Å². The van der Waals surface area contributed by atoms with Crippen LogP contribution in [0.3, 0.4) is 0 Å². The molecule has 0 aliphatic heterocycles. The maximum absolute atomic E-state index is 12.3. The molecule has 0 atom stereocenters. The van der Waals surface area contributed by atoms with Crippen LogP contribution in [0.2, 0.25) is 0 Å². The molecule has 2 aromatic carbocycles. The summed E-state index contributed by atoms with van der Waals surface area (Å²) in [5.74, 6) is 0.244. The summed E-state index contributed by atoms with van der Waals surface area (Å²) in [7, 11) is 0. The molecule has 0 saturated heterocycles. The number of amides is 2. The summed E-state index contributed by atoms with van der Waals surface area (Å²) in [4.78, 5) is 23.5. The van der Waals surface area contributed by atoms with Crippen molar-refractivity contribution < 1.29 is 14.3 Å². The van der Waals surface area contributed by atoms with Gasteiger partial charge in [0.25, 0.3) is 5.91 Å². The fourth-order valence-corrected chi connectivity index (χ4v) is 1.98. The summed E-state index contributed by atoms with van der Waals surface area (Å²) < 4.78 is 5.35. The molecule has 2 rings (SSSR count). The van der Waals surface area contributed by atoms with E-state index < -0.39 is 0 Å². The highest BCUT2D eigenvalue weighted by molar-refractivity contribution is 6.09. The second-order valence-electron chi connectivity index (χ2n) is 4.64. The first-order valence-electron chi connectivity index (χ1n) is 7.01.